The SMILES string of the molecule is CC(C)CCOC(C)(C)COC(C)C. The van der Waals surface area contributed by atoms with Crippen LogP contribution in [-0.2, 0) is 9.47 Å². The lowest BCUT2D eigenvalue weighted by molar-refractivity contribution is -0.0900. The average molecular weight is 202 g/mol. The van der Waals surface area contributed by atoms with Crippen LogP contribution in [0.15, 0.2) is 0 Å². The second kappa shape index (κ2) is 6.41. The van der Waals surface area contributed by atoms with E-state index in [2.05, 4.69) is 27.7 Å². The topological polar surface area (TPSA) is 18.5 Å². The molecule has 0 radical (unpaired) electrons. The zero-order chi connectivity index (χ0) is 11.2. The lowest BCUT2D eigenvalue weighted by atomic mass is 10.1. The smallest absolute Gasteiger partial charge is 0.0859 e. The van der Waals surface area contributed by atoms with Crippen LogP contribution >= 0.6 is 0 Å². The zero-order valence-electron chi connectivity index (χ0n) is 10.6. The Morgan fingerprint density at radius 1 is 1.07 bits per heavy atom. The van der Waals surface area contributed by atoms with Crippen LogP contribution in [0.5, 0.6) is 0 Å². The summed E-state index contributed by atoms with van der Waals surface area (Å²) in [6.45, 7) is 14.2. The van der Waals surface area contributed by atoms with E-state index in [0.717, 1.165) is 13.0 Å². The first kappa shape index (κ1) is 13.9. The highest BCUT2D eigenvalue weighted by Crippen LogP contribution is 2.12. The predicted octanol–water partition coefficient (Wildman–Crippen LogP) is 3.25. The molecule has 2 nitrogen and oxygen atoms in total. The summed E-state index contributed by atoms with van der Waals surface area (Å²) < 4.78 is 11.3. The van der Waals surface area contributed by atoms with E-state index < -0.39 is 0 Å². The van der Waals surface area contributed by atoms with Gasteiger partial charge in [-0.05, 0) is 40.0 Å². The second-order valence-corrected chi connectivity index (χ2v) is 5.15. The lowest BCUT2D eigenvalue weighted by Crippen LogP contribution is -2.32. The maximum Gasteiger partial charge on any atom is 0.0859 e. The van der Waals surface area contributed by atoms with E-state index >= 15 is 0 Å². The summed E-state index contributed by atoms with van der Waals surface area (Å²) in [6, 6.07) is 0. The molecule has 0 rings (SSSR count). The first-order valence-electron chi connectivity index (χ1n) is 5.59. The fourth-order valence-electron chi connectivity index (χ4n) is 0.980. The third kappa shape index (κ3) is 8.52. The highest BCUT2D eigenvalue weighted by atomic mass is 16.5. The summed E-state index contributed by atoms with van der Waals surface area (Å²) in [7, 11) is 0. The molecule has 86 valence electrons. The van der Waals surface area contributed by atoms with Gasteiger partial charge >= 0.3 is 0 Å². The van der Waals surface area contributed by atoms with Crippen LogP contribution in [0.1, 0.15) is 48.0 Å². The Morgan fingerprint density at radius 3 is 2.07 bits per heavy atom. The van der Waals surface area contributed by atoms with Gasteiger partial charge in [-0.1, -0.05) is 13.8 Å². The van der Waals surface area contributed by atoms with Crippen molar-refractivity contribution in [2.75, 3.05) is 13.2 Å². The minimum atomic E-state index is -0.154. The Balaban J connectivity index is 3.61. The van der Waals surface area contributed by atoms with E-state index in [1.807, 2.05) is 13.8 Å². The quantitative estimate of drug-likeness (QED) is 0.631. The fourth-order valence-corrected chi connectivity index (χ4v) is 0.980. The van der Waals surface area contributed by atoms with Gasteiger partial charge in [0.1, 0.15) is 0 Å². The monoisotopic (exact) mass is 202 g/mol. The Labute approximate surface area is 89.0 Å². The van der Waals surface area contributed by atoms with E-state index in [4.69, 9.17) is 9.47 Å². The Hall–Kier alpha value is -0.0800. The fraction of sp³-hybridized carbons (Fsp3) is 1.00. The van der Waals surface area contributed by atoms with Crippen LogP contribution in [0.3, 0.4) is 0 Å². The summed E-state index contributed by atoms with van der Waals surface area (Å²) in [6.07, 6.45) is 1.40. The van der Waals surface area contributed by atoms with Crippen molar-refractivity contribution in [2.24, 2.45) is 5.92 Å². The van der Waals surface area contributed by atoms with Crippen molar-refractivity contribution in [2.45, 2.75) is 59.7 Å². The molecule has 0 unspecified atom stereocenters. The molecule has 0 aromatic rings. The van der Waals surface area contributed by atoms with Gasteiger partial charge in [0.25, 0.3) is 0 Å². The van der Waals surface area contributed by atoms with E-state index in [0.29, 0.717) is 12.5 Å². The van der Waals surface area contributed by atoms with E-state index in [1.54, 1.807) is 0 Å². The van der Waals surface area contributed by atoms with Gasteiger partial charge in [0.05, 0.1) is 18.3 Å². The van der Waals surface area contributed by atoms with Gasteiger partial charge < -0.3 is 9.47 Å². The lowest BCUT2D eigenvalue weighted by Gasteiger charge is -2.26. The first-order chi connectivity index (χ1) is 6.33. The molecule has 0 spiro atoms. The molecular weight excluding hydrogens is 176 g/mol. The molecule has 0 fully saturated rings. The first-order valence-corrected chi connectivity index (χ1v) is 5.59. The van der Waals surface area contributed by atoms with Crippen LogP contribution < -0.4 is 0 Å². The average Bonchev–Trinajstić information content (AvgIpc) is 2.00. The van der Waals surface area contributed by atoms with Gasteiger partial charge in [-0.15, -0.1) is 0 Å². The maximum atomic E-state index is 5.77. The highest BCUT2D eigenvalue weighted by Gasteiger charge is 2.19. The van der Waals surface area contributed by atoms with Gasteiger partial charge in [0, 0.05) is 6.61 Å². The van der Waals surface area contributed by atoms with Gasteiger partial charge in [0.15, 0.2) is 0 Å². The van der Waals surface area contributed by atoms with Gasteiger partial charge in [-0.3, -0.25) is 0 Å². The molecule has 14 heavy (non-hydrogen) atoms. The van der Waals surface area contributed by atoms with Crippen LogP contribution in [0.25, 0.3) is 0 Å². The Kier molecular flexibility index (Phi) is 6.38. The van der Waals surface area contributed by atoms with Crippen molar-refractivity contribution in [1.29, 1.82) is 0 Å². The van der Waals surface area contributed by atoms with Gasteiger partial charge in [0.2, 0.25) is 0 Å². The molecular formula is C12H26O2. The number of hydrogen-bond donors (Lipinski definition) is 0. The normalized spacial score (nSPS) is 12.9. The number of ether oxygens (including phenoxy) is 2. The summed E-state index contributed by atoms with van der Waals surface area (Å²) in [5, 5.41) is 0. The summed E-state index contributed by atoms with van der Waals surface area (Å²) in [4.78, 5) is 0. The molecule has 0 saturated heterocycles. The van der Waals surface area contributed by atoms with E-state index in [-0.39, 0.29) is 11.7 Å². The molecule has 0 aromatic heterocycles. The summed E-state index contributed by atoms with van der Waals surface area (Å²) in [5.74, 6) is 0.705. The maximum absolute atomic E-state index is 5.77. The third-order valence-corrected chi connectivity index (χ3v) is 1.95. The standard InChI is InChI=1S/C12H26O2/c1-10(2)7-8-14-12(5,6)9-13-11(3)4/h10-11H,7-9H2,1-6H3. The third-order valence-electron chi connectivity index (χ3n) is 1.95. The molecule has 0 aromatic carbocycles. The zero-order valence-corrected chi connectivity index (χ0v) is 10.6. The van der Waals surface area contributed by atoms with Crippen LogP contribution in [-0.4, -0.2) is 24.9 Å². The van der Waals surface area contributed by atoms with Crippen LogP contribution in [0, 0.1) is 5.92 Å². The molecule has 0 bridgehead atoms. The number of hydrogen-bond acceptors (Lipinski definition) is 2. The molecule has 0 aliphatic heterocycles. The minimum Gasteiger partial charge on any atom is -0.376 e. The molecule has 0 saturated carbocycles. The minimum absolute atomic E-state index is 0.154. The number of rotatable bonds is 7. The van der Waals surface area contributed by atoms with Crippen molar-refractivity contribution in [3.63, 3.8) is 0 Å². The van der Waals surface area contributed by atoms with Gasteiger partial charge in [-0.25, -0.2) is 0 Å². The molecule has 0 heterocycles. The molecule has 0 atom stereocenters. The predicted molar refractivity (Wildman–Crippen MR) is 60.6 cm³/mol. The molecule has 2 heteroatoms. The van der Waals surface area contributed by atoms with E-state index in [9.17, 15) is 0 Å². The van der Waals surface area contributed by atoms with Crippen molar-refractivity contribution < 1.29 is 9.47 Å². The highest BCUT2D eigenvalue weighted by molar-refractivity contribution is 4.68. The molecule has 0 amide bonds. The van der Waals surface area contributed by atoms with Crippen LogP contribution in [0.2, 0.25) is 0 Å². The van der Waals surface area contributed by atoms with E-state index in [1.165, 1.54) is 0 Å². The van der Waals surface area contributed by atoms with Crippen molar-refractivity contribution >= 4 is 0 Å². The Morgan fingerprint density at radius 2 is 1.64 bits per heavy atom. The summed E-state index contributed by atoms with van der Waals surface area (Å²) in [5.41, 5.74) is -0.154. The van der Waals surface area contributed by atoms with Crippen molar-refractivity contribution in [3.05, 3.63) is 0 Å². The second-order valence-electron chi connectivity index (χ2n) is 5.15. The van der Waals surface area contributed by atoms with Crippen molar-refractivity contribution in [3.8, 4) is 0 Å². The van der Waals surface area contributed by atoms with Crippen LogP contribution in [0.4, 0.5) is 0 Å². The molecule has 0 aliphatic rings. The summed E-state index contributed by atoms with van der Waals surface area (Å²) >= 11 is 0. The molecule has 0 aliphatic carbocycles. The molecule has 0 N–H and O–H groups in total. The largest absolute Gasteiger partial charge is 0.376 e. The van der Waals surface area contributed by atoms with Gasteiger partial charge in [-0.2, -0.15) is 0 Å². The van der Waals surface area contributed by atoms with Crippen molar-refractivity contribution in [1.82, 2.24) is 0 Å². The Bertz CT molecular complexity index is 139.